The van der Waals surface area contributed by atoms with E-state index in [9.17, 15) is 4.39 Å². The van der Waals surface area contributed by atoms with E-state index in [0.717, 1.165) is 12.0 Å². The highest BCUT2D eigenvalue weighted by molar-refractivity contribution is 5.84. The summed E-state index contributed by atoms with van der Waals surface area (Å²) in [4.78, 5) is 0. The maximum atomic E-state index is 13.2. The molecule has 3 aromatic rings. The monoisotopic (exact) mass is 253 g/mol. The maximum Gasteiger partial charge on any atom is 0.123 e. The Morgan fingerprint density at radius 2 is 1.89 bits per heavy atom. The highest BCUT2D eigenvalue weighted by Gasteiger charge is 2.07. The van der Waals surface area contributed by atoms with E-state index in [2.05, 4.69) is 35.9 Å². The van der Waals surface area contributed by atoms with Crippen molar-refractivity contribution in [2.75, 3.05) is 0 Å². The second kappa shape index (κ2) is 4.88. The zero-order valence-electron chi connectivity index (χ0n) is 10.9. The quantitative estimate of drug-likeness (QED) is 0.652. The zero-order chi connectivity index (χ0) is 13.2. The molecule has 0 aliphatic rings. The Kier molecular flexibility index (Phi) is 3.08. The number of nitrogens with zero attached hydrogens (tertiary/aromatic N) is 1. The molecule has 0 bridgehead atoms. The molecule has 3 rings (SSSR count). The van der Waals surface area contributed by atoms with Gasteiger partial charge in [0.1, 0.15) is 5.82 Å². The van der Waals surface area contributed by atoms with Crippen LogP contribution >= 0.6 is 0 Å². The standard InChI is InChI=1S/C17H16FN/c1-2-14-12-19(17-9-4-3-8-16(14)17)11-13-6-5-7-15(18)10-13/h3-10,12H,2,11H2,1H3. The molecule has 2 aromatic carbocycles. The van der Waals surface area contributed by atoms with Crippen LogP contribution in [0.1, 0.15) is 18.1 Å². The van der Waals surface area contributed by atoms with Crippen molar-refractivity contribution in [3.8, 4) is 0 Å². The van der Waals surface area contributed by atoms with Gasteiger partial charge in [-0.2, -0.15) is 0 Å². The minimum absolute atomic E-state index is 0.176. The summed E-state index contributed by atoms with van der Waals surface area (Å²) in [7, 11) is 0. The lowest BCUT2D eigenvalue weighted by molar-refractivity contribution is 0.624. The number of hydrogen-bond donors (Lipinski definition) is 0. The molecule has 1 aromatic heterocycles. The molecule has 2 heteroatoms. The van der Waals surface area contributed by atoms with Crippen LogP contribution in [0.2, 0.25) is 0 Å². The second-order valence-electron chi connectivity index (χ2n) is 4.78. The Bertz CT molecular complexity index is 712. The summed E-state index contributed by atoms with van der Waals surface area (Å²) >= 11 is 0. The average molecular weight is 253 g/mol. The van der Waals surface area contributed by atoms with Gasteiger partial charge in [0.2, 0.25) is 0 Å². The van der Waals surface area contributed by atoms with E-state index in [1.54, 1.807) is 12.1 Å². The Balaban J connectivity index is 2.06. The van der Waals surface area contributed by atoms with E-state index >= 15 is 0 Å². The molecule has 1 heterocycles. The first kappa shape index (κ1) is 12.0. The third-order valence-electron chi connectivity index (χ3n) is 3.49. The van der Waals surface area contributed by atoms with E-state index in [4.69, 9.17) is 0 Å². The van der Waals surface area contributed by atoms with Gasteiger partial charge >= 0.3 is 0 Å². The van der Waals surface area contributed by atoms with Crippen molar-refractivity contribution < 1.29 is 4.39 Å². The molecule has 0 N–H and O–H groups in total. The molecule has 96 valence electrons. The van der Waals surface area contributed by atoms with Gasteiger partial charge in [0.15, 0.2) is 0 Å². The lowest BCUT2D eigenvalue weighted by Crippen LogP contribution is -1.98. The Labute approximate surface area is 112 Å². The molecular weight excluding hydrogens is 237 g/mol. The van der Waals surface area contributed by atoms with Gasteiger partial charge < -0.3 is 4.57 Å². The van der Waals surface area contributed by atoms with Crippen molar-refractivity contribution >= 4 is 10.9 Å². The van der Waals surface area contributed by atoms with E-state index < -0.39 is 0 Å². The van der Waals surface area contributed by atoms with Crippen LogP contribution in [0.25, 0.3) is 10.9 Å². The van der Waals surface area contributed by atoms with Crippen molar-refractivity contribution in [3.05, 3.63) is 71.7 Å². The summed E-state index contributed by atoms with van der Waals surface area (Å²) in [6, 6.07) is 15.2. The first-order valence-corrected chi connectivity index (χ1v) is 6.59. The van der Waals surface area contributed by atoms with Gasteiger partial charge in [0.25, 0.3) is 0 Å². The molecule has 0 amide bonds. The van der Waals surface area contributed by atoms with Gasteiger partial charge in [-0.15, -0.1) is 0 Å². The number of fused-ring (bicyclic) bond motifs is 1. The van der Waals surface area contributed by atoms with Gasteiger partial charge in [0, 0.05) is 23.6 Å². The molecule has 19 heavy (non-hydrogen) atoms. The van der Waals surface area contributed by atoms with Crippen molar-refractivity contribution in [1.29, 1.82) is 0 Å². The number of hydrogen-bond acceptors (Lipinski definition) is 0. The summed E-state index contributed by atoms with van der Waals surface area (Å²) in [6.45, 7) is 2.87. The highest BCUT2D eigenvalue weighted by Crippen LogP contribution is 2.22. The SMILES string of the molecule is CCc1cn(Cc2cccc(F)c2)c2ccccc12. The highest BCUT2D eigenvalue weighted by atomic mass is 19.1. The van der Waals surface area contributed by atoms with Crippen molar-refractivity contribution in [2.24, 2.45) is 0 Å². The van der Waals surface area contributed by atoms with Crippen LogP contribution in [0.15, 0.2) is 54.7 Å². The number of aromatic nitrogens is 1. The molecule has 1 nitrogen and oxygen atoms in total. The summed E-state index contributed by atoms with van der Waals surface area (Å²) in [6.07, 6.45) is 3.19. The number of benzene rings is 2. The van der Waals surface area contributed by atoms with E-state index in [-0.39, 0.29) is 5.82 Å². The molecule has 0 atom stereocenters. The molecule has 0 unspecified atom stereocenters. The lowest BCUT2D eigenvalue weighted by atomic mass is 10.1. The Morgan fingerprint density at radius 3 is 2.68 bits per heavy atom. The summed E-state index contributed by atoms with van der Waals surface area (Å²) in [5.41, 5.74) is 3.54. The van der Waals surface area contributed by atoms with Crippen LogP contribution in [0, 0.1) is 5.82 Å². The van der Waals surface area contributed by atoms with Crippen LogP contribution in [-0.4, -0.2) is 4.57 Å². The van der Waals surface area contributed by atoms with Gasteiger partial charge in [0.05, 0.1) is 0 Å². The zero-order valence-corrected chi connectivity index (χ0v) is 10.9. The van der Waals surface area contributed by atoms with Crippen LogP contribution in [-0.2, 0) is 13.0 Å². The normalized spacial score (nSPS) is 11.1. The molecule has 0 spiro atoms. The summed E-state index contributed by atoms with van der Waals surface area (Å²) in [5, 5.41) is 1.29. The predicted octanol–water partition coefficient (Wildman–Crippen LogP) is 4.39. The van der Waals surface area contributed by atoms with Crippen molar-refractivity contribution in [3.63, 3.8) is 0 Å². The first-order chi connectivity index (χ1) is 9.28. The fourth-order valence-electron chi connectivity index (χ4n) is 2.57. The number of para-hydroxylation sites is 1. The number of rotatable bonds is 3. The molecule has 0 radical (unpaired) electrons. The predicted molar refractivity (Wildman–Crippen MR) is 76.8 cm³/mol. The van der Waals surface area contributed by atoms with Crippen LogP contribution in [0.5, 0.6) is 0 Å². The minimum atomic E-state index is -0.176. The number of halogens is 1. The smallest absolute Gasteiger partial charge is 0.123 e. The van der Waals surface area contributed by atoms with Crippen molar-refractivity contribution in [2.45, 2.75) is 19.9 Å². The Morgan fingerprint density at radius 1 is 1.05 bits per heavy atom. The fraction of sp³-hybridized carbons (Fsp3) is 0.176. The van der Waals surface area contributed by atoms with E-state index in [1.165, 1.54) is 22.5 Å². The average Bonchev–Trinajstić information content (AvgIpc) is 2.77. The third kappa shape index (κ3) is 2.26. The Hall–Kier alpha value is -2.09. The second-order valence-corrected chi connectivity index (χ2v) is 4.78. The molecule has 0 saturated carbocycles. The molecule has 0 aliphatic heterocycles. The topological polar surface area (TPSA) is 4.93 Å². The largest absolute Gasteiger partial charge is 0.343 e. The lowest BCUT2D eigenvalue weighted by Gasteiger charge is -2.05. The van der Waals surface area contributed by atoms with E-state index in [1.807, 2.05) is 12.1 Å². The summed E-state index contributed by atoms with van der Waals surface area (Å²) < 4.78 is 15.4. The minimum Gasteiger partial charge on any atom is -0.343 e. The van der Waals surface area contributed by atoms with Crippen LogP contribution < -0.4 is 0 Å². The maximum absolute atomic E-state index is 13.2. The molecular formula is C17H16FN. The van der Waals surface area contributed by atoms with Gasteiger partial charge in [-0.3, -0.25) is 0 Å². The van der Waals surface area contributed by atoms with Crippen LogP contribution in [0.3, 0.4) is 0 Å². The first-order valence-electron chi connectivity index (χ1n) is 6.59. The summed E-state index contributed by atoms with van der Waals surface area (Å²) in [5.74, 6) is -0.176. The van der Waals surface area contributed by atoms with Gasteiger partial charge in [-0.25, -0.2) is 4.39 Å². The van der Waals surface area contributed by atoms with Crippen LogP contribution in [0.4, 0.5) is 4.39 Å². The number of aryl methyl sites for hydroxylation is 1. The molecule has 0 saturated heterocycles. The molecule has 0 aliphatic carbocycles. The molecule has 0 fully saturated rings. The van der Waals surface area contributed by atoms with Gasteiger partial charge in [-0.1, -0.05) is 37.3 Å². The van der Waals surface area contributed by atoms with E-state index in [0.29, 0.717) is 6.54 Å². The third-order valence-corrected chi connectivity index (χ3v) is 3.49. The van der Waals surface area contributed by atoms with Gasteiger partial charge in [-0.05, 0) is 35.7 Å². The van der Waals surface area contributed by atoms with Crippen molar-refractivity contribution in [1.82, 2.24) is 4.57 Å². The fourth-order valence-corrected chi connectivity index (χ4v) is 2.57.